The van der Waals surface area contributed by atoms with Gasteiger partial charge in [0.2, 0.25) is 0 Å². The Morgan fingerprint density at radius 3 is 1.87 bits per heavy atom. The molecule has 0 aliphatic heterocycles. The summed E-state index contributed by atoms with van der Waals surface area (Å²) in [6.07, 6.45) is 2.28. The molecule has 0 atom stereocenters. The second-order valence-electron chi connectivity index (χ2n) is 2.81. The standard InChI is InChI=1S/C8H18O3.C2H7NO/c1-2-3-5-10-7-8-11-6-4-9;3-1-2-4/h9H,2-8H2,1H3;4H,1-3H2. The minimum absolute atomic E-state index is 0.0922. The minimum atomic E-state index is 0.0922. The van der Waals surface area contributed by atoms with E-state index in [1.165, 1.54) is 0 Å². The average Bonchev–Trinajstić information content (AvgIpc) is 2.28. The van der Waals surface area contributed by atoms with Crippen LogP contribution in [0.2, 0.25) is 0 Å². The lowest BCUT2D eigenvalue weighted by Gasteiger charge is -2.02. The van der Waals surface area contributed by atoms with Crippen LogP contribution in [0.15, 0.2) is 0 Å². The van der Waals surface area contributed by atoms with Crippen LogP contribution < -0.4 is 5.73 Å². The van der Waals surface area contributed by atoms with Crippen LogP contribution in [0.1, 0.15) is 19.8 Å². The molecule has 0 saturated carbocycles. The Kier molecular flexibility index (Phi) is 22.2. The zero-order chi connectivity index (χ0) is 11.8. The van der Waals surface area contributed by atoms with Gasteiger partial charge in [0.25, 0.3) is 0 Å². The second-order valence-corrected chi connectivity index (χ2v) is 2.81. The fourth-order valence-electron chi connectivity index (χ4n) is 0.633. The summed E-state index contributed by atoms with van der Waals surface area (Å²) < 4.78 is 10.2. The van der Waals surface area contributed by atoms with Crippen molar-refractivity contribution in [1.29, 1.82) is 0 Å². The lowest BCUT2D eigenvalue weighted by Crippen LogP contribution is -2.07. The summed E-state index contributed by atoms with van der Waals surface area (Å²) in [7, 11) is 0. The van der Waals surface area contributed by atoms with Gasteiger partial charge in [0.1, 0.15) is 0 Å². The van der Waals surface area contributed by atoms with Crippen molar-refractivity contribution in [1.82, 2.24) is 0 Å². The molecule has 15 heavy (non-hydrogen) atoms. The Balaban J connectivity index is 0. The predicted molar refractivity (Wildman–Crippen MR) is 59.8 cm³/mol. The molecule has 0 aromatic heterocycles. The van der Waals surface area contributed by atoms with Crippen LogP contribution in [0.4, 0.5) is 0 Å². The first-order chi connectivity index (χ1) is 7.33. The number of hydrogen-bond acceptors (Lipinski definition) is 5. The van der Waals surface area contributed by atoms with Crippen LogP contribution in [-0.4, -0.2) is 56.4 Å². The number of unbranched alkanes of at least 4 members (excludes halogenated alkanes) is 1. The van der Waals surface area contributed by atoms with Crippen LogP contribution in [-0.2, 0) is 9.47 Å². The second kappa shape index (κ2) is 19.4. The molecule has 0 saturated heterocycles. The summed E-state index contributed by atoms with van der Waals surface area (Å²) in [5, 5.41) is 16.1. The molecular formula is C10H25NO4. The maximum atomic E-state index is 8.34. The van der Waals surface area contributed by atoms with E-state index in [1.54, 1.807) is 0 Å². The van der Waals surface area contributed by atoms with Crippen molar-refractivity contribution in [2.24, 2.45) is 5.73 Å². The third kappa shape index (κ3) is 24.8. The minimum Gasteiger partial charge on any atom is -0.395 e. The Morgan fingerprint density at radius 2 is 1.47 bits per heavy atom. The number of nitrogens with two attached hydrogens (primary N) is 1. The largest absolute Gasteiger partial charge is 0.395 e. The molecule has 5 nitrogen and oxygen atoms in total. The molecule has 94 valence electrons. The molecule has 0 aliphatic rings. The van der Waals surface area contributed by atoms with Crippen LogP contribution in [0.3, 0.4) is 0 Å². The Labute approximate surface area is 92.2 Å². The fourth-order valence-corrected chi connectivity index (χ4v) is 0.633. The van der Waals surface area contributed by atoms with E-state index >= 15 is 0 Å². The highest BCUT2D eigenvalue weighted by Crippen LogP contribution is 1.87. The fraction of sp³-hybridized carbons (Fsp3) is 1.00. The van der Waals surface area contributed by atoms with Crippen LogP contribution in [0.25, 0.3) is 0 Å². The number of aliphatic hydroxyl groups excluding tert-OH is 2. The van der Waals surface area contributed by atoms with E-state index in [1.807, 2.05) is 0 Å². The third-order valence-electron chi connectivity index (χ3n) is 1.38. The molecule has 0 radical (unpaired) electrons. The first-order valence-electron chi connectivity index (χ1n) is 5.40. The van der Waals surface area contributed by atoms with Gasteiger partial charge in [-0.3, -0.25) is 0 Å². The number of aliphatic hydroxyl groups is 2. The van der Waals surface area contributed by atoms with Gasteiger partial charge < -0.3 is 25.4 Å². The van der Waals surface area contributed by atoms with Gasteiger partial charge in [0.05, 0.1) is 33.0 Å². The van der Waals surface area contributed by atoms with Crippen LogP contribution in [0.5, 0.6) is 0 Å². The summed E-state index contributed by atoms with van der Waals surface area (Å²) >= 11 is 0. The number of hydrogen-bond donors (Lipinski definition) is 3. The van der Waals surface area contributed by atoms with Crippen LogP contribution >= 0.6 is 0 Å². The van der Waals surface area contributed by atoms with Crippen LogP contribution in [0, 0.1) is 0 Å². The monoisotopic (exact) mass is 223 g/mol. The summed E-state index contributed by atoms with van der Waals surface area (Å²) in [5.41, 5.74) is 4.78. The van der Waals surface area contributed by atoms with Gasteiger partial charge in [-0.05, 0) is 6.42 Å². The number of rotatable bonds is 9. The topological polar surface area (TPSA) is 84.9 Å². The lowest BCUT2D eigenvalue weighted by molar-refractivity contribution is 0.0324. The zero-order valence-electron chi connectivity index (χ0n) is 9.65. The van der Waals surface area contributed by atoms with Gasteiger partial charge in [-0.25, -0.2) is 0 Å². The van der Waals surface area contributed by atoms with E-state index in [0.29, 0.717) is 26.4 Å². The van der Waals surface area contributed by atoms with Gasteiger partial charge in [-0.2, -0.15) is 0 Å². The SMILES string of the molecule is CCCCOCCOCCO.NCCO. The molecule has 4 N–H and O–H groups in total. The molecule has 0 amide bonds. The van der Waals surface area contributed by atoms with E-state index in [9.17, 15) is 0 Å². The van der Waals surface area contributed by atoms with Crippen molar-refractivity contribution < 1.29 is 19.7 Å². The van der Waals surface area contributed by atoms with Gasteiger partial charge >= 0.3 is 0 Å². The van der Waals surface area contributed by atoms with Gasteiger partial charge in [-0.15, -0.1) is 0 Å². The number of ether oxygens (including phenoxy) is 2. The normalized spacial score (nSPS) is 9.60. The Bertz CT molecular complexity index is 83.5. The highest BCUT2D eigenvalue weighted by atomic mass is 16.5. The molecule has 0 fully saturated rings. The molecule has 0 aromatic carbocycles. The van der Waals surface area contributed by atoms with Crippen molar-refractivity contribution >= 4 is 0 Å². The molecule has 0 aromatic rings. The van der Waals surface area contributed by atoms with Crippen molar-refractivity contribution in [3.8, 4) is 0 Å². The molecule has 0 bridgehead atoms. The van der Waals surface area contributed by atoms with Crippen molar-refractivity contribution in [2.75, 3.05) is 46.2 Å². The first kappa shape index (κ1) is 17.2. The van der Waals surface area contributed by atoms with E-state index in [4.69, 9.17) is 25.4 Å². The molecule has 5 heteroatoms. The Morgan fingerprint density at radius 1 is 0.933 bits per heavy atom. The summed E-state index contributed by atoms with van der Waals surface area (Å²) in [5.74, 6) is 0. The summed E-state index contributed by atoms with van der Waals surface area (Å²) in [6.45, 7) is 5.15. The molecule has 0 spiro atoms. The van der Waals surface area contributed by atoms with Gasteiger partial charge in [0, 0.05) is 13.2 Å². The van der Waals surface area contributed by atoms with Gasteiger partial charge in [-0.1, -0.05) is 13.3 Å². The third-order valence-corrected chi connectivity index (χ3v) is 1.38. The molecule has 0 aliphatic carbocycles. The zero-order valence-corrected chi connectivity index (χ0v) is 9.65. The van der Waals surface area contributed by atoms with Crippen molar-refractivity contribution in [3.63, 3.8) is 0 Å². The Hall–Kier alpha value is -0.200. The maximum Gasteiger partial charge on any atom is 0.0701 e. The van der Waals surface area contributed by atoms with Crippen molar-refractivity contribution in [2.45, 2.75) is 19.8 Å². The van der Waals surface area contributed by atoms with E-state index in [-0.39, 0.29) is 13.2 Å². The highest BCUT2D eigenvalue weighted by molar-refractivity contribution is 4.33. The smallest absolute Gasteiger partial charge is 0.0701 e. The maximum absolute atomic E-state index is 8.34. The van der Waals surface area contributed by atoms with E-state index in [2.05, 4.69) is 6.92 Å². The highest BCUT2D eigenvalue weighted by Gasteiger charge is 1.87. The van der Waals surface area contributed by atoms with E-state index in [0.717, 1.165) is 19.4 Å². The summed E-state index contributed by atoms with van der Waals surface area (Å²) in [4.78, 5) is 0. The average molecular weight is 223 g/mol. The summed E-state index contributed by atoms with van der Waals surface area (Å²) in [6, 6.07) is 0. The van der Waals surface area contributed by atoms with Crippen molar-refractivity contribution in [3.05, 3.63) is 0 Å². The van der Waals surface area contributed by atoms with Gasteiger partial charge in [0.15, 0.2) is 0 Å². The predicted octanol–water partition coefficient (Wildman–Crippen LogP) is -0.251. The molecular weight excluding hydrogens is 198 g/mol. The van der Waals surface area contributed by atoms with E-state index < -0.39 is 0 Å². The quantitative estimate of drug-likeness (QED) is 0.469. The molecule has 0 rings (SSSR count). The lowest BCUT2D eigenvalue weighted by atomic mass is 10.4. The molecule has 0 heterocycles. The molecule has 0 unspecified atom stereocenters. The first-order valence-corrected chi connectivity index (χ1v) is 5.40.